The third-order valence-corrected chi connectivity index (χ3v) is 5.82. The molecule has 2 nitrogen and oxygen atoms in total. The van der Waals surface area contributed by atoms with Gasteiger partial charge in [0.15, 0.2) is 9.84 Å². The number of rotatable bonds is 6. The minimum atomic E-state index is -3.19. The second-order valence-electron chi connectivity index (χ2n) is 4.57. The molecule has 2 atom stereocenters. The first-order chi connectivity index (χ1) is 8.44. The van der Waals surface area contributed by atoms with Gasteiger partial charge in [-0.1, -0.05) is 39.0 Å². The summed E-state index contributed by atoms with van der Waals surface area (Å²) in [5, 5.41) is -0.0389. The predicted molar refractivity (Wildman–Crippen MR) is 77.1 cm³/mol. The van der Waals surface area contributed by atoms with Crippen LogP contribution < -0.4 is 0 Å². The van der Waals surface area contributed by atoms with Gasteiger partial charge in [-0.05, 0) is 30.4 Å². The first-order valence-corrected chi connectivity index (χ1v) is 8.48. The van der Waals surface area contributed by atoms with Gasteiger partial charge in [-0.15, -0.1) is 11.6 Å². The van der Waals surface area contributed by atoms with E-state index in [9.17, 15) is 8.42 Å². The molecule has 1 aromatic rings. The zero-order valence-corrected chi connectivity index (χ0v) is 12.8. The summed E-state index contributed by atoms with van der Waals surface area (Å²) in [4.78, 5) is 0.443. The van der Waals surface area contributed by atoms with E-state index < -0.39 is 9.84 Å². The lowest BCUT2D eigenvalue weighted by molar-refractivity contribution is 0.589. The fourth-order valence-electron chi connectivity index (χ4n) is 2.07. The van der Waals surface area contributed by atoms with E-state index in [-0.39, 0.29) is 17.0 Å². The molecule has 4 heteroatoms. The van der Waals surface area contributed by atoms with Crippen LogP contribution in [0.15, 0.2) is 29.2 Å². The molecule has 2 unspecified atom stereocenters. The Balaban J connectivity index is 3.23. The highest BCUT2D eigenvalue weighted by molar-refractivity contribution is 7.91. The van der Waals surface area contributed by atoms with Crippen molar-refractivity contribution in [3.63, 3.8) is 0 Å². The topological polar surface area (TPSA) is 34.1 Å². The average Bonchev–Trinajstić information content (AvgIpc) is 2.37. The molecule has 0 aliphatic rings. The molecule has 18 heavy (non-hydrogen) atoms. The number of hydrogen-bond acceptors (Lipinski definition) is 2. The van der Waals surface area contributed by atoms with Gasteiger partial charge in [-0.25, -0.2) is 8.42 Å². The van der Waals surface area contributed by atoms with Gasteiger partial charge in [0.25, 0.3) is 0 Å². The van der Waals surface area contributed by atoms with Crippen molar-refractivity contribution in [2.75, 3.05) is 5.75 Å². The maximum atomic E-state index is 12.2. The van der Waals surface area contributed by atoms with E-state index in [0.717, 1.165) is 12.0 Å². The fraction of sp³-hybridized carbons (Fsp3) is 0.571. The van der Waals surface area contributed by atoms with Crippen LogP contribution in [0.3, 0.4) is 0 Å². The van der Waals surface area contributed by atoms with Crippen molar-refractivity contribution in [3.05, 3.63) is 29.8 Å². The summed E-state index contributed by atoms with van der Waals surface area (Å²) < 4.78 is 24.5. The van der Waals surface area contributed by atoms with Crippen molar-refractivity contribution in [3.8, 4) is 0 Å². The molecule has 0 spiro atoms. The van der Waals surface area contributed by atoms with Gasteiger partial charge >= 0.3 is 0 Å². The molecular formula is C14H21ClO2S. The molecule has 0 heterocycles. The Hall–Kier alpha value is -0.540. The molecule has 0 aliphatic carbocycles. The van der Waals surface area contributed by atoms with Gasteiger partial charge in [-0.3, -0.25) is 0 Å². The van der Waals surface area contributed by atoms with Gasteiger partial charge in [-0.2, -0.15) is 0 Å². The van der Waals surface area contributed by atoms with Gasteiger partial charge in [0.05, 0.1) is 10.6 Å². The molecule has 0 bridgehead atoms. The van der Waals surface area contributed by atoms with Crippen LogP contribution in [0.2, 0.25) is 0 Å². The third-order valence-electron chi connectivity index (χ3n) is 3.15. The molecule has 0 N–H and O–H groups in total. The van der Waals surface area contributed by atoms with Crippen LogP contribution in [0.1, 0.15) is 45.1 Å². The lowest BCUT2D eigenvalue weighted by atomic mass is 9.96. The van der Waals surface area contributed by atoms with Crippen LogP contribution >= 0.6 is 11.6 Å². The highest BCUT2D eigenvalue weighted by atomic mass is 35.5. The van der Waals surface area contributed by atoms with Crippen LogP contribution in [0, 0.1) is 0 Å². The van der Waals surface area contributed by atoms with Crippen molar-refractivity contribution >= 4 is 21.4 Å². The molecule has 0 saturated carbocycles. The molecule has 102 valence electrons. The molecule has 0 saturated heterocycles. The second-order valence-corrected chi connectivity index (χ2v) is 7.21. The number of hydrogen-bond donors (Lipinski definition) is 0. The second kappa shape index (κ2) is 6.58. The Kier molecular flexibility index (Phi) is 5.67. The minimum Gasteiger partial charge on any atom is -0.224 e. The molecule has 0 aliphatic heterocycles. The fourth-order valence-corrected chi connectivity index (χ4v) is 3.86. The third kappa shape index (κ3) is 3.48. The Labute approximate surface area is 115 Å². The number of halogens is 1. The smallest absolute Gasteiger partial charge is 0.178 e. The van der Waals surface area contributed by atoms with Crippen molar-refractivity contribution < 1.29 is 8.42 Å². The summed E-state index contributed by atoms with van der Waals surface area (Å²) in [6, 6.07) is 7.21. The van der Waals surface area contributed by atoms with Crippen molar-refractivity contribution in [2.45, 2.75) is 49.8 Å². The Bertz CT molecular complexity index is 482. The average molecular weight is 289 g/mol. The van der Waals surface area contributed by atoms with E-state index in [1.165, 1.54) is 0 Å². The van der Waals surface area contributed by atoms with E-state index in [4.69, 9.17) is 11.6 Å². The van der Waals surface area contributed by atoms with Crippen molar-refractivity contribution in [1.82, 2.24) is 0 Å². The van der Waals surface area contributed by atoms with Crippen LogP contribution in [0.5, 0.6) is 0 Å². The summed E-state index contributed by atoms with van der Waals surface area (Å²) >= 11 is 6.25. The number of alkyl halides is 1. The largest absolute Gasteiger partial charge is 0.224 e. The standard InChI is InChI=1S/C14H21ClO2S/c1-4-10-18(16,17)14-9-7-6-8-12(14)11(3)13(15)5-2/h6-9,11,13H,4-5,10H2,1-3H3. The summed E-state index contributed by atoms with van der Waals surface area (Å²) in [7, 11) is -3.19. The molecular weight excluding hydrogens is 268 g/mol. The van der Waals surface area contributed by atoms with Crippen molar-refractivity contribution in [1.29, 1.82) is 0 Å². The van der Waals surface area contributed by atoms with Crippen molar-refractivity contribution in [2.24, 2.45) is 0 Å². The Morgan fingerprint density at radius 1 is 1.22 bits per heavy atom. The van der Waals surface area contributed by atoms with Crippen LogP contribution in [-0.4, -0.2) is 19.5 Å². The van der Waals surface area contributed by atoms with Crippen LogP contribution in [0.25, 0.3) is 0 Å². The Morgan fingerprint density at radius 3 is 2.39 bits per heavy atom. The van der Waals surface area contributed by atoms with Gasteiger partial charge in [0.1, 0.15) is 0 Å². The maximum Gasteiger partial charge on any atom is 0.178 e. The SMILES string of the molecule is CCCS(=O)(=O)c1ccccc1C(C)C(Cl)CC. The van der Waals surface area contributed by atoms with E-state index in [2.05, 4.69) is 0 Å². The lowest BCUT2D eigenvalue weighted by Crippen LogP contribution is -2.15. The summed E-state index contributed by atoms with van der Waals surface area (Å²) in [6.07, 6.45) is 1.45. The zero-order chi connectivity index (χ0) is 13.8. The van der Waals surface area contributed by atoms with E-state index in [0.29, 0.717) is 11.3 Å². The molecule has 0 radical (unpaired) electrons. The molecule has 0 aromatic heterocycles. The minimum absolute atomic E-state index is 0.0389. The zero-order valence-electron chi connectivity index (χ0n) is 11.2. The molecule has 1 rings (SSSR count). The summed E-state index contributed by atoms with van der Waals surface area (Å²) in [5.41, 5.74) is 0.841. The monoisotopic (exact) mass is 288 g/mol. The summed E-state index contributed by atoms with van der Waals surface area (Å²) in [6.45, 7) is 5.87. The molecule has 0 amide bonds. The number of sulfone groups is 1. The highest BCUT2D eigenvalue weighted by Gasteiger charge is 2.23. The Morgan fingerprint density at radius 2 is 1.83 bits per heavy atom. The molecule has 0 fully saturated rings. The normalized spacial score (nSPS) is 15.3. The lowest BCUT2D eigenvalue weighted by Gasteiger charge is -2.20. The van der Waals surface area contributed by atoms with E-state index in [1.807, 2.05) is 32.9 Å². The van der Waals surface area contributed by atoms with E-state index >= 15 is 0 Å². The molecule has 1 aromatic carbocycles. The highest BCUT2D eigenvalue weighted by Crippen LogP contribution is 2.31. The first kappa shape index (κ1) is 15.5. The quantitative estimate of drug-likeness (QED) is 0.742. The number of benzene rings is 1. The maximum absolute atomic E-state index is 12.2. The predicted octanol–water partition coefficient (Wildman–Crippen LogP) is 3.99. The van der Waals surface area contributed by atoms with Gasteiger partial charge in [0.2, 0.25) is 0 Å². The van der Waals surface area contributed by atoms with Gasteiger partial charge in [0, 0.05) is 5.38 Å². The van der Waals surface area contributed by atoms with Gasteiger partial charge < -0.3 is 0 Å². The summed E-state index contributed by atoms with van der Waals surface area (Å²) in [5.74, 6) is 0.231. The van der Waals surface area contributed by atoms with Crippen LogP contribution in [0.4, 0.5) is 0 Å². The van der Waals surface area contributed by atoms with Crippen LogP contribution in [-0.2, 0) is 9.84 Å². The first-order valence-electron chi connectivity index (χ1n) is 6.39. The van der Waals surface area contributed by atoms with E-state index in [1.54, 1.807) is 12.1 Å².